The summed E-state index contributed by atoms with van der Waals surface area (Å²) in [5, 5.41) is 10.3. The van der Waals surface area contributed by atoms with Gasteiger partial charge in [-0.1, -0.05) is 24.3 Å². The van der Waals surface area contributed by atoms with Gasteiger partial charge in [0.15, 0.2) is 11.5 Å². The quantitative estimate of drug-likeness (QED) is 0.511. The van der Waals surface area contributed by atoms with Crippen LogP contribution in [0, 0.1) is 11.3 Å². The monoisotopic (exact) mass is 362 g/mol. The van der Waals surface area contributed by atoms with E-state index < -0.39 is 0 Å². The predicted molar refractivity (Wildman–Crippen MR) is 108 cm³/mol. The van der Waals surface area contributed by atoms with E-state index >= 15 is 0 Å². The van der Waals surface area contributed by atoms with Gasteiger partial charge in [-0.2, -0.15) is 5.26 Å². The van der Waals surface area contributed by atoms with Crippen LogP contribution < -0.4 is 5.73 Å². The van der Waals surface area contributed by atoms with Crippen molar-refractivity contribution in [2.45, 2.75) is 0 Å². The molecule has 6 heteroatoms. The van der Waals surface area contributed by atoms with Gasteiger partial charge in [0.05, 0.1) is 28.5 Å². The van der Waals surface area contributed by atoms with Crippen LogP contribution in [0.1, 0.15) is 5.56 Å². The number of benzene rings is 2. The smallest absolute Gasteiger partial charge is 0.180 e. The minimum absolute atomic E-state index is 0.341. The molecule has 0 saturated heterocycles. The molecule has 0 atom stereocenters. The summed E-state index contributed by atoms with van der Waals surface area (Å²) < 4.78 is 1.94. The van der Waals surface area contributed by atoms with Crippen LogP contribution in [-0.2, 0) is 0 Å². The van der Waals surface area contributed by atoms with Crippen molar-refractivity contribution in [1.82, 2.24) is 19.4 Å². The van der Waals surface area contributed by atoms with Crippen molar-refractivity contribution in [1.29, 1.82) is 5.26 Å². The van der Waals surface area contributed by atoms with Gasteiger partial charge in [-0.25, -0.2) is 9.97 Å². The van der Waals surface area contributed by atoms with Crippen molar-refractivity contribution in [2.75, 3.05) is 5.73 Å². The molecule has 0 aliphatic heterocycles. The summed E-state index contributed by atoms with van der Waals surface area (Å²) in [5.41, 5.74) is 11.6. The number of pyridine rings is 1. The number of nitrogens with two attached hydrogens (primary N) is 1. The van der Waals surface area contributed by atoms with Gasteiger partial charge in [0, 0.05) is 35.1 Å². The summed E-state index contributed by atoms with van der Waals surface area (Å²) in [4.78, 5) is 13.4. The van der Waals surface area contributed by atoms with Crippen LogP contribution in [0.5, 0.6) is 0 Å². The molecular formula is C22H14N6. The topological polar surface area (TPSA) is 92.9 Å². The molecule has 0 amide bonds. The highest BCUT2D eigenvalue weighted by Gasteiger charge is 2.17. The molecule has 0 radical (unpaired) electrons. The van der Waals surface area contributed by atoms with Crippen LogP contribution in [0.3, 0.4) is 0 Å². The maximum absolute atomic E-state index is 9.29. The lowest BCUT2D eigenvalue weighted by Gasteiger charge is -2.14. The number of aromatic nitrogens is 4. The number of rotatable bonds is 2. The Morgan fingerprint density at radius 2 is 1.86 bits per heavy atom. The van der Waals surface area contributed by atoms with E-state index in [0.29, 0.717) is 22.7 Å². The first kappa shape index (κ1) is 16.0. The third kappa shape index (κ3) is 2.46. The second kappa shape index (κ2) is 6.18. The lowest BCUT2D eigenvalue weighted by molar-refractivity contribution is 1.14. The number of fused-ring (bicyclic) bond motifs is 2. The van der Waals surface area contributed by atoms with E-state index in [1.54, 1.807) is 18.5 Å². The molecule has 132 valence electrons. The highest BCUT2D eigenvalue weighted by Crippen LogP contribution is 2.34. The number of nitrogens with zero attached hydrogens (tertiary/aromatic N) is 5. The molecular weight excluding hydrogens is 348 g/mol. The second-order valence-electron chi connectivity index (χ2n) is 6.42. The Morgan fingerprint density at radius 1 is 0.929 bits per heavy atom. The molecule has 2 N–H and O–H groups in total. The van der Waals surface area contributed by atoms with Crippen molar-refractivity contribution >= 4 is 22.4 Å². The highest BCUT2D eigenvalue weighted by atomic mass is 15.1. The number of hydrogen-bond acceptors (Lipinski definition) is 5. The van der Waals surface area contributed by atoms with E-state index in [4.69, 9.17) is 5.73 Å². The van der Waals surface area contributed by atoms with E-state index in [2.05, 4.69) is 27.1 Å². The highest BCUT2D eigenvalue weighted by molar-refractivity contribution is 5.89. The summed E-state index contributed by atoms with van der Waals surface area (Å²) in [7, 11) is 0. The zero-order valence-corrected chi connectivity index (χ0v) is 14.7. The molecule has 0 fully saturated rings. The molecule has 0 aliphatic carbocycles. The molecule has 2 aromatic carbocycles. The average Bonchev–Trinajstić information content (AvgIpc) is 3.24. The van der Waals surface area contributed by atoms with Crippen molar-refractivity contribution in [3.8, 4) is 28.6 Å². The first-order chi connectivity index (χ1) is 13.7. The first-order valence-corrected chi connectivity index (χ1v) is 8.73. The summed E-state index contributed by atoms with van der Waals surface area (Å²) >= 11 is 0. The Bertz CT molecular complexity index is 1390. The fraction of sp³-hybridized carbons (Fsp3) is 0. The number of anilines is 1. The lowest BCUT2D eigenvalue weighted by Crippen LogP contribution is -2.03. The third-order valence-electron chi connectivity index (χ3n) is 4.71. The molecule has 3 aromatic heterocycles. The third-order valence-corrected chi connectivity index (χ3v) is 4.71. The van der Waals surface area contributed by atoms with Crippen molar-refractivity contribution in [2.24, 2.45) is 0 Å². The van der Waals surface area contributed by atoms with Crippen LogP contribution in [0.25, 0.3) is 39.1 Å². The van der Waals surface area contributed by atoms with Gasteiger partial charge in [-0.3, -0.25) is 9.38 Å². The largest absolute Gasteiger partial charge is 0.381 e. The Kier molecular flexibility index (Phi) is 3.53. The van der Waals surface area contributed by atoms with Crippen LogP contribution in [0.2, 0.25) is 0 Å². The fourth-order valence-electron chi connectivity index (χ4n) is 3.45. The average molecular weight is 362 g/mol. The Morgan fingerprint density at radius 3 is 2.75 bits per heavy atom. The summed E-state index contributed by atoms with van der Waals surface area (Å²) in [6.45, 7) is 0. The molecule has 0 saturated carbocycles. The van der Waals surface area contributed by atoms with E-state index in [1.165, 1.54) is 0 Å². The molecule has 0 bridgehead atoms. The van der Waals surface area contributed by atoms with Gasteiger partial charge in [0.25, 0.3) is 0 Å². The molecule has 5 aromatic rings. The van der Waals surface area contributed by atoms with Gasteiger partial charge < -0.3 is 5.73 Å². The molecule has 0 aliphatic rings. The summed E-state index contributed by atoms with van der Waals surface area (Å²) in [5.74, 6) is 0.341. The zero-order chi connectivity index (χ0) is 19.1. The van der Waals surface area contributed by atoms with Gasteiger partial charge in [0.2, 0.25) is 0 Å². The molecule has 0 spiro atoms. The SMILES string of the molecule is N#Cc1cccc(-c2nc(N)c3nccn3c2-c2ccc3ncccc3c2)c1. The van der Waals surface area contributed by atoms with Gasteiger partial charge in [-0.05, 0) is 30.3 Å². The minimum Gasteiger partial charge on any atom is -0.381 e. The number of nitriles is 1. The van der Waals surface area contributed by atoms with Gasteiger partial charge in [-0.15, -0.1) is 0 Å². The molecule has 5 rings (SSSR count). The minimum atomic E-state index is 0.341. The molecule has 0 unspecified atom stereocenters. The Labute approximate surface area is 160 Å². The summed E-state index contributed by atoms with van der Waals surface area (Å²) in [6.07, 6.45) is 5.35. The van der Waals surface area contributed by atoms with E-state index in [9.17, 15) is 5.26 Å². The van der Waals surface area contributed by atoms with Crippen molar-refractivity contribution in [3.05, 3.63) is 78.8 Å². The first-order valence-electron chi connectivity index (χ1n) is 8.73. The van der Waals surface area contributed by atoms with E-state index in [0.717, 1.165) is 27.7 Å². The maximum atomic E-state index is 9.29. The van der Waals surface area contributed by atoms with E-state index in [1.807, 2.05) is 53.1 Å². The number of hydrogen-bond donors (Lipinski definition) is 1. The molecule has 28 heavy (non-hydrogen) atoms. The van der Waals surface area contributed by atoms with Gasteiger partial charge >= 0.3 is 0 Å². The zero-order valence-electron chi connectivity index (χ0n) is 14.7. The van der Waals surface area contributed by atoms with Crippen LogP contribution in [-0.4, -0.2) is 19.4 Å². The Balaban J connectivity index is 1.86. The van der Waals surface area contributed by atoms with Crippen LogP contribution in [0.4, 0.5) is 5.82 Å². The van der Waals surface area contributed by atoms with Crippen LogP contribution in [0.15, 0.2) is 73.2 Å². The van der Waals surface area contributed by atoms with Crippen molar-refractivity contribution < 1.29 is 0 Å². The van der Waals surface area contributed by atoms with Gasteiger partial charge in [0.1, 0.15) is 0 Å². The predicted octanol–water partition coefficient (Wildman–Crippen LogP) is 4.07. The summed E-state index contributed by atoms with van der Waals surface area (Å²) in [6, 6.07) is 19.6. The Hall–Kier alpha value is -4.24. The van der Waals surface area contributed by atoms with Crippen molar-refractivity contribution in [3.63, 3.8) is 0 Å². The molecule has 6 nitrogen and oxygen atoms in total. The van der Waals surface area contributed by atoms with E-state index in [-0.39, 0.29) is 0 Å². The lowest BCUT2D eigenvalue weighted by atomic mass is 10.0. The maximum Gasteiger partial charge on any atom is 0.180 e. The standard InChI is InChI=1S/C22H14N6/c23-13-14-3-1-4-16(11-14)19-20(28-10-9-26-22(28)21(24)27-19)17-6-7-18-15(12-17)5-2-8-25-18/h1-12H,(H2,24,27). The fourth-order valence-corrected chi connectivity index (χ4v) is 3.45. The van der Waals surface area contributed by atoms with Crippen LogP contribution >= 0.6 is 0 Å². The second-order valence-corrected chi connectivity index (χ2v) is 6.42. The molecule has 3 heterocycles. The number of nitrogen functional groups attached to an aromatic ring is 1. The number of imidazole rings is 1. The normalized spacial score (nSPS) is 11.0.